The van der Waals surface area contributed by atoms with Crippen molar-refractivity contribution >= 4 is 23.3 Å². The molecule has 0 aliphatic carbocycles. The molecule has 1 aromatic heterocycles. The maximum absolute atomic E-state index is 14.1. The van der Waals surface area contributed by atoms with Crippen LogP contribution in [0, 0.1) is 18.6 Å². The Balaban J connectivity index is 1.79. The number of hydrogen-bond acceptors (Lipinski definition) is 4. The first kappa shape index (κ1) is 23.3. The Morgan fingerprint density at radius 1 is 1.06 bits per heavy atom. The number of nitrogen functional groups attached to an aromatic ring is 1. The lowest BCUT2D eigenvalue weighted by molar-refractivity contribution is 0.0600. The molecule has 174 valence electrons. The van der Waals surface area contributed by atoms with Crippen LogP contribution in [0.5, 0.6) is 5.75 Å². The van der Waals surface area contributed by atoms with Gasteiger partial charge in [0.1, 0.15) is 12.4 Å². The number of benzene rings is 3. The van der Waals surface area contributed by atoms with Crippen molar-refractivity contribution in [2.24, 2.45) is 0 Å². The standard InChI is InChI=1S/C26H21ClF2N2O3/c1-15-6-8-23(31(15)20-11-17(26(32)33-2)10-19(30)13-20)21-12-18(27)7-9-24(21)34-14-16-4-3-5-22(28)25(16)29/h3-13H,14,30H2,1-2H3. The summed E-state index contributed by atoms with van der Waals surface area (Å²) in [6, 6.07) is 17.7. The fourth-order valence-corrected chi connectivity index (χ4v) is 3.91. The average molecular weight is 483 g/mol. The Bertz CT molecular complexity index is 1380. The van der Waals surface area contributed by atoms with Gasteiger partial charge in [-0.1, -0.05) is 23.7 Å². The number of ether oxygens (including phenoxy) is 2. The van der Waals surface area contributed by atoms with E-state index in [0.717, 1.165) is 11.8 Å². The highest BCUT2D eigenvalue weighted by Crippen LogP contribution is 2.36. The molecule has 3 aromatic carbocycles. The normalized spacial score (nSPS) is 10.9. The van der Waals surface area contributed by atoms with Crippen LogP contribution < -0.4 is 10.5 Å². The van der Waals surface area contributed by atoms with Gasteiger partial charge < -0.3 is 19.8 Å². The number of hydrogen-bond donors (Lipinski definition) is 1. The summed E-state index contributed by atoms with van der Waals surface area (Å²) in [5.74, 6) is -1.98. The number of aryl methyl sites for hydroxylation is 1. The molecule has 0 fully saturated rings. The largest absolute Gasteiger partial charge is 0.488 e. The van der Waals surface area contributed by atoms with Gasteiger partial charge in [0.25, 0.3) is 0 Å². The summed E-state index contributed by atoms with van der Waals surface area (Å²) < 4.78 is 40.3. The van der Waals surface area contributed by atoms with Crippen molar-refractivity contribution in [2.45, 2.75) is 13.5 Å². The number of halogens is 3. The zero-order valence-corrected chi connectivity index (χ0v) is 19.2. The van der Waals surface area contributed by atoms with Crippen molar-refractivity contribution in [3.63, 3.8) is 0 Å². The van der Waals surface area contributed by atoms with Crippen LogP contribution in [0.1, 0.15) is 21.6 Å². The Kier molecular flexibility index (Phi) is 6.56. The minimum absolute atomic E-state index is 0.0889. The lowest BCUT2D eigenvalue weighted by atomic mass is 10.1. The van der Waals surface area contributed by atoms with Gasteiger partial charge in [-0.2, -0.15) is 0 Å². The lowest BCUT2D eigenvalue weighted by Crippen LogP contribution is -2.07. The van der Waals surface area contributed by atoms with E-state index in [0.29, 0.717) is 39.0 Å². The molecule has 5 nitrogen and oxygen atoms in total. The number of aromatic nitrogens is 1. The molecule has 0 atom stereocenters. The van der Waals surface area contributed by atoms with E-state index in [4.69, 9.17) is 26.8 Å². The van der Waals surface area contributed by atoms with Crippen molar-refractivity contribution in [3.8, 4) is 22.7 Å². The summed E-state index contributed by atoms with van der Waals surface area (Å²) in [7, 11) is 1.30. The number of esters is 1. The lowest BCUT2D eigenvalue weighted by Gasteiger charge is -2.17. The molecule has 0 saturated heterocycles. The van der Waals surface area contributed by atoms with Crippen molar-refractivity contribution < 1.29 is 23.0 Å². The number of nitrogens with zero attached hydrogens (tertiary/aromatic N) is 1. The van der Waals surface area contributed by atoms with Crippen LogP contribution in [0.15, 0.2) is 66.7 Å². The molecule has 0 bridgehead atoms. The molecular formula is C26H21ClF2N2O3. The number of methoxy groups -OCH3 is 1. The molecule has 1 heterocycles. The number of anilines is 1. The van der Waals surface area contributed by atoms with E-state index < -0.39 is 17.6 Å². The van der Waals surface area contributed by atoms with E-state index in [1.165, 1.54) is 25.3 Å². The smallest absolute Gasteiger partial charge is 0.337 e. The van der Waals surface area contributed by atoms with Crippen LogP contribution in [0.2, 0.25) is 5.02 Å². The summed E-state index contributed by atoms with van der Waals surface area (Å²) in [5.41, 5.74) is 9.67. The molecule has 0 radical (unpaired) electrons. The molecule has 0 aliphatic heterocycles. The monoisotopic (exact) mass is 482 g/mol. The van der Waals surface area contributed by atoms with E-state index in [2.05, 4.69) is 0 Å². The first-order valence-corrected chi connectivity index (χ1v) is 10.7. The first-order chi connectivity index (χ1) is 16.3. The zero-order valence-electron chi connectivity index (χ0n) is 18.4. The van der Waals surface area contributed by atoms with Crippen molar-refractivity contribution in [3.05, 3.63) is 100 Å². The highest BCUT2D eigenvalue weighted by molar-refractivity contribution is 6.31. The molecule has 0 unspecified atom stereocenters. The molecule has 4 rings (SSSR count). The quantitative estimate of drug-likeness (QED) is 0.257. The second-order valence-corrected chi connectivity index (χ2v) is 8.08. The molecule has 4 aromatic rings. The Morgan fingerprint density at radius 3 is 2.62 bits per heavy atom. The maximum atomic E-state index is 14.1. The summed E-state index contributed by atoms with van der Waals surface area (Å²) in [5, 5.41) is 0.465. The van der Waals surface area contributed by atoms with Gasteiger partial charge in [-0.15, -0.1) is 0 Å². The van der Waals surface area contributed by atoms with Crippen molar-refractivity contribution in [1.29, 1.82) is 0 Å². The van der Waals surface area contributed by atoms with Gasteiger partial charge in [0.2, 0.25) is 0 Å². The summed E-state index contributed by atoms with van der Waals surface area (Å²) in [4.78, 5) is 12.1. The van der Waals surface area contributed by atoms with Gasteiger partial charge in [0.15, 0.2) is 11.6 Å². The zero-order chi connectivity index (χ0) is 24.4. The van der Waals surface area contributed by atoms with Crippen LogP contribution in [0.3, 0.4) is 0 Å². The Morgan fingerprint density at radius 2 is 1.85 bits per heavy atom. The van der Waals surface area contributed by atoms with Crippen LogP contribution in [-0.4, -0.2) is 17.6 Å². The van der Waals surface area contributed by atoms with Gasteiger partial charge in [-0.25, -0.2) is 13.6 Å². The topological polar surface area (TPSA) is 66.5 Å². The number of nitrogens with two attached hydrogens (primary N) is 1. The highest BCUT2D eigenvalue weighted by atomic mass is 35.5. The summed E-state index contributed by atoms with van der Waals surface area (Å²) >= 11 is 6.29. The van der Waals surface area contributed by atoms with Gasteiger partial charge in [-0.05, 0) is 61.5 Å². The minimum Gasteiger partial charge on any atom is -0.488 e. The van der Waals surface area contributed by atoms with Gasteiger partial charge >= 0.3 is 5.97 Å². The molecule has 34 heavy (non-hydrogen) atoms. The van der Waals surface area contributed by atoms with E-state index in [1.807, 2.05) is 23.6 Å². The number of carbonyl (C=O) groups is 1. The first-order valence-electron chi connectivity index (χ1n) is 10.3. The molecule has 0 spiro atoms. The predicted octanol–water partition coefficient (Wildman–Crippen LogP) is 6.33. The van der Waals surface area contributed by atoms with Crippen LogP contribution in [-0.2, 0) is 11.3 Å². The van der Waals surface area contributed by atoms with Gasteiger partial charge in [-0.3, -0.25) is 0 Å². The van der Waals surface area contributed by atoms with Crippen molar-refractivity contribution in [2.75, 3.05) is 12.8 Å². The number of carbonyl (C=O) groups excluding carboxylic acids is 1. The Hall–Kier alpha value is -3.84. The van der Waals surface area contributed by atoms with Crippen LogP contribution in [0.4, 0.5) is 14.5 Å². The van der Waals surface area contributed by atoms with Gasteiger partial charge in [0, 0.05) is 33.2 Å². The van der Waals surface area contributed by atoms with E-state index in [1.54, 1.807) is 30.3 Å². The third-order valence-corrected chi connectivity index (χ3v) is 5.56. The molecule has 0 aliphatic rings. The molecule has 0 saturated carbocycles. The summed E-state index contributed by atoms with van der Waals surface area (Å²) in [6.45, 7) is 1.72. The van der Waals surface area contributed by atoms with Crippen molar-refractivity contribution in [1.82, 2.24) is 4.57 Å². The minimum atomic E-state index is -0.952. The highest BCUT2D eigenvalue weighted by Gasteiger charge is 2.18. The van der Waals surface area contributed by atoms with E-state index in [9.17, 15) is 13.6 Å². The average Bonchev–Trinajstić information content (AvgIpc) is 3.20. The van der Waals surface area contributed by atoms with Crippen LogP contribution in [0.25, 0.3) is 16.9 Å². The second-order valence-electron chi connectivity index (χ2n) is 7.64. The summed E-state index contributed by atoms with van der Waals surface area (Å²) in [6.07, 6.45) is 0. The maximum Gasteiger partial charge on any atom is 0.337 e. The third kappa shape index (κ3) is 4.61. The van der Waals surface area contributed by atoms with Gasteiger partial charge in [0.05, 0.1) is 18.4 Å². The molecule has 0 amide bonds. The fourth-order valence-electron chi connectivity index (χ4n) is 3.73. The van der Waals surface area contributed by atoms with Crippen LogP contribution >= 0.6 is 11.6 Å². The van der Waals surface area contributed by atoms with E-state index >= 15 is 0 Å². The molecule has 2 N–H and O–H groups in total. The second kappa shape index (κ2) is 9.57. The fraction of sp³-hybridized carbons (Fsp3) is 0.115. The molecule has 8 heteroatoms. The van der Waals surface area contributed by atoms with E-state index in [-0.39, 0.29) is 12.2 Å². The predicted molar refractivity (Wildman–Crippen MR) is 127 cm³/mol. The third-order valence-electron chi connectivity index (χ3n) is 5.33. The molecular weight excluding hydrogens is 462 g/mol. The SMILES string of the molecule is COC(=O)c1cc(N)cc(-n2c(C)ccc2-c2cc(Cl)ccc2OCc2cccc(F)c2F)c1. The Labute approximate surface area is 200 Å². The number of rotatable bonds is 6.